The number of hydrazone groups is 1. The summed E-state index contributed by atoms with van der Waals surface area (Å²) in [5, 5.41) is 4.50. The lowest BCUT2D eigenvalue weighted by Crippen LogP contribution is -2.33. The van der Waals surface area contributed by atoms with Crippen LogP contribution in [0.2, 0.25) is 0 Å². The van der Waals surface area contributed by atoms with E-state index < -0.39 is 10.0 Å². The standard InChI is InChI=1S/C20H22BrN3O3S/c1-17-9-11-19(12-10-17)28(26,27)24(15-6-5-13-21)16-14-22-23-20(25)18-7-3-2-4-8-18/h2-12,14H,13,15-16H2,1H3,(H,23,25)/b6-5+,22-14+. The van der Waals surface area contributed by atoms with Crippen LogP contribution in [0.25, 0.3) is 0 Å². The van der Waals surface area contributed by atoms with E-state index in [2.05, 4.69) is 26.5 Å². The number of benzene rings is 2. The van der Waals surface area contributed by atoms with E-state index in [9.17, 15) is 13.2 Å². The minimum atomic E-state index is -3.69. The molecule has 0 aliphatic heterocycles. The van der Waals surface area contributed by atoms with Crippen LogP contribution in [0, 0.1) is 6.92 Å². The first kappa shape index (κ1) is 22.0. The quantitative estimate of drug-likeness (QED) is 0.268. The van der Waals surface area contributed by atoms with Crippen LogP contribution in [0.4, 0.5) is 0 Å². The number of sulfonamides is 1. The Morgan fingerprint density at radius 1 is 1.07 bits per heavy atom. The molecule has 2 rings (SSSR count). The molecule has 2 aromatic rings. The van der Waals surface area contributed by atoms with Crippen LogP contribution in [-0.2, 0) is 10.0 Å². The van der Waals surface area contributed by atoms with Crippen molar-refractivity contribution in [3.8, 4) is 0 Å². The minimum absolute atomic E-state index is 0.0257. The van der Waals surface area contributed by atoms with Crippen LogP contribution in [-0.4, -0.2) is 43.3 Å². The van der Waals surface area contributed by atoms with Gasteiger partial charge in [0.1, 0.15) is 0 Å². The number of halogens is 1. The molecule has 0 aliphatic rings. The smallest absolute Gasteiger partial charge is 0.267 e. The Labute approximate surface area is 174 Å². The zero-order valence-electron chi connectivity index (χ0n) is 15.5. The molecular formula is C20H22BrN3O3S. The fraction of sp³-hybridized carbons (Fsp3) is 0.200. The Hall–Kier alpha value is -2.29. The van der Waals surface area contributed by atoms with Gasteiger partial charge in [-0.05, 0) is 31.2 Å². The van der Waals surface area contributed by atoms with Gasteiger partial charge in [-0.1, -0.05) is 64.0 Å². The highest BCUT2D eigenvalue weighted by Crippen LogP contribution is 2.16. The molecular weight excluding hydrogens is 442 g/mol. The zero-order chi connectivity index (χ0) is 20.4. The third-order valence-corrected chi connectivity index (χ3v) is 6.02. The van der Waals surface area contributed by atoms with Gasteiger partial charge in [0.15, 0.2) is 0 Å². The van der Waals surface area contributed by atoms with Crippen molar-refractivity contribution >= 4 is 38.1 Å². The molecule has 0 aliphatic carbocycles. The topological polar surface area (TPSA) is 78.8 Å². The third-order valence-electron chi connectivity index (χ3n) is 3.80. The Balaban J connectivity index is 2.09. The highest BCUT2D eigenvalue weighted by molar-refractivity contribution is 9.09. The van der Waals surface area contributed by atoms with Crippen molar-refractivity contribution in [3.63, 3.8) is 0 Å². The van der Waals surface area contributed by atoms with Crippen LogP contribution in [0.15, 0.2) is 76.7 Å². The summed E-state index contributed by atoms with van der Waals surface area (Å²) in [6, 6.07) is 15.3. The maximum Gasteiger partial charge on any atom is 0.271 e. The fourth-order valence-electron chi connectivity index (χ4n) is 2.28. The van der Waals surface area contributed by atoms with Crippen molar-refractivity contribution in [3.05, 3.63) is 77.9 Å². The number of amides is 1. The van der Waals surface area contributed by atoms with Crippen molar-refractivity contribution in [2.75, 3.05) is 18.4 Å². The molecule has 0 saturated carbocycles. The summed E-state index contributed by atoms with van der Waals surface area (Å²) >= 11 is 3.28. The molecule has 0 bridgehead atoms. The van der Waals surface area contributed by atoms with Gasteiger partial charge in [-0.3, -0.25) is 4.79 Å². The van der Waals surface area contributed by atoms with Crippen LogP contribution < -0.4 is 5.43 Å². The average Bonchev–Trinajstić information content (AvgIpc) is 2.70. The van der Waals surface area contributed by atoms with E-state index >= 15 is 0 Å². The maximum absolute atomic E-state index is 12.9. The second kappa shape index (κ2) is 10.9. The van der Waals surface area contributed by atoms with Crippen molar-refractivity contribution in [1.29, 1.82) is 0 Å². The highest BCUT2D eigenvalue weighted by atomic mass is 79.9. The number of rotatable bonds is 9. The summed E-state index contributed by atoms with van der Waals surface area (Å²) in [5.41, 5.74) is 3.86. The van der Waals surface area contributed by atoms with Gasteiger partial charge in [-0.25, -0.2) is 13.8 Å². The second-order valence-corrected chi connectivity index (χ2v) is 8.46. The van der Waals surface area contributed by atoms with Crippen LogP contribution in [0.1, 0.15) is 15.9 Å². The monoisotopic (exact) mass is 463 g/mol. The number of carbonyl (C=O) groups excluding carboxylic acids is 1. The second-order valence-electron chi connectivity index (χ2n) is 5.88. The Kier molecular flexibility index (Phi) is 8.56. The van der Waals surface area contributed by atoms with Crippen molar-refractivity contribution in [2.24, 2.45) is 5.10 Å². The Bertz CT molecular complexity index is 927. The molecule has 2 aromatic carbocycles. The predicted molar refractivity (Wildman–Crippen MR) is 115 cm³/mol. The first-order valence-corrected chi connectivity index (χ1v) is 11.2. The first-order chi connectivity index (χ1) is 13.4. The number of nitrogens with one attached hydrogen (secondary N) is 1. The molecule has 8 heteroatoms. The molecule has 0 heterocycles. The molecule has 0 unspecified atom stereocenters. The van der Waals surface area contributed by atoms with Gasteiger partial charge in [-0.2, -0.15) is 9.41 Å². The predicted octanol–water partition coefficient (Wildman–Crippen LogP) is 3.35. The van der Waals surface area contributed by atoms with Gasteiger partial charge < -0.3 is 0 Å². The highest BCUT2D eigenvalue weighted by Gasteiger charge is 2.22. The summed E-state index contributed by atoms with van der Waals surface area (Å²) in [6.07, 6.45) is 4.96. The lowest BCUT2D eigenvalue weighted by Gasteiger charge is -2.19. The van der Waals surface area contributed by atoms with Gasteiger partial charge in [0, 0.05) is 23.7 Å². The van der Waals surface area contributed by atoms with E-state index in [1.165, 1.54) is 10.5 Å². The molecule has 0 aromatic heterocycles. The molecule has 0 spiro atoms. The zero-order valence-corrected chi connectivity index (χ0v) is 17.9. The number of nitrogens with zero attached hydrogens (tertiary/aromatic N) is 2. The van der Waals surface area contributed by atoms with Crippen LogP contribution in [0.5, 0.6) is 0 Å². The third kappa shape index (κ3) is 6.40. The number of carbonyl (C=O) groups is 1. The molecule has 1 N–H and O–H groups in total. The van der Waals surface area contributed by atoms with Gasteiger partial charge in [0.2, 0.25) is 10.0 Å². The van der Waals surface area contributed by atoms with Crippen LogP contribution in [0.3, 0.4) is 0 Å². The Morgan fingerprint density at radius 2 is 1.75 bits per heavy atom. The minimum Gasteiger partial charge on any atom is -0.267 e. The molecule has 28 heavy (non-hydrogen) atoms. The lowest BCUT2D eigenvalue weighted by atomic mass is 10.2. The van der Waals surface area contributed by atoms with Crippen LogP contribution >= 0.6 is 15.9 Å². The Morgan fingerprint density at radius 3 is 2.39 bits per heavy atom. The summed E-state index contributed by atoms with van der Waals surface area (Å²) in [4.78, 5) is 12.2. The van der Waals surface area contributed by atoms with Gasteiger partial charge in [-0.15, -0.1) is 0 Å². The number of hydrogen-bond acceptors (Lipinski definition) is 4. The molecule has 0 radical (unpaired) electrons. The summed E-state index contributed by atoms with van der Waals surface area (Å²) in [6.45, 7) is 2.12. The van der Waals surface area contributed by atoms with E-state index in [1.807, 2.05) is 19.1 Å². The normalized spacial score (nSPS) is 12.1. The van der Waals surface area contributed by atoms with E-state index in [0.29, 0.717) is 10.9 Å². The maximum atomic E-state index is 12.9. The molecule has 1 amide bonds. The van der Waals surface area contributed by atoms with E-state index in [4.69, 9.17) is 0 Å². The van der Waals surface area contributed by atoms with Gasteiger partial charge in [0.05, 0.1) is 11.4 Å². The van der Waals surface area contributed by atoms with E-state index in [1.54, 1.807) is 54.6 Å². The number of allylic oxidation sites excluding steroid dienone is 1. The lowest BCUT2D eigenvalue weighted by molar-refractivity contribution is 0.0955. The fourth-order valence-corrected chi connectivity index (χ4v) is 3.86. The summed E-state index contributed by atoms with van der Waals surface area (Å²) in [5.74, 6) is -0.357. The van der Waals surface area contributed by atoms with Gasteiger partial charge in [0.25, 0.3) is 5.91 Å². The molecule has 148 valence electrons. The van der Waals surface area contributed by atoms with E-state index in [0.717, 1.165) is 5.56 Å². The number of aryl methyl sites for hydroxylation is 1. The largest absolute Gasteiger partial charge is 0.271 e. The first-order valence-electron chi connectivity index (χ1n) is 8.60. The van der Waals surface area contributed by atoms with Crippen molar-refractivity contribution in [2.45, 2.75) is 11.8 Å². The van der Waals surface area contributed by atoms with Crippen molar-refractivity contribution < 1.29 is 13.2 Å². The number of alkyl halides is 1. The average molecular weight is 464 g/mol. The molecule has 6 nitrogen and oxygen atoms in total. The van der Waals surface area contributed by atoms with Crippen molar-refractivity contribution in [1.82, 2.24) is 9.73 Å². The summed E-state index contributed by atoms with van der Waals surface area (Å²) in [7, 11) is -3.69. The molecule has 0 atom stereocenters. The van der Waals surface area contributed by atoms with Gasteiger partial charge >= 0.3 is 0 Å². The molecule has 0 saturated heterocycles. The summed E-state index contributed by atoms with van der Waals surface area (Å²) < 4.78 is 27.1. The SMILES string of the molecule is Cc1ccc(S(=O)(=O)N(C/C=C/CBr)C/C=N/NC(=O)c2ccccc2)cc1. The number of hydrogen-bond donors (Lipinski definition) is 1. The van der Waals surface area contributed by atoms with E-state index in [-0.39, 0.29) is 23.9 Å². The molecule has 0 fully saturated rings.